The van der Waals surface area contributed by atoms with E-state index in [-0.39, 0.29) is 6.10 Å². The summed E-state index contributed by atoms with van der Waals surface area (Å²) in [4.78, 5) is 9.41. The molecule has 0 aliphatic carbocycles. The van der Waals surface area contributed by atoms with E-state index in [0.29, 0.717) is 10.8 Å². The Morgan fingerprint density at radius 1 is 1.08 bits per heavy atom. The van der Waals surface area contributed by atoms with E-state index >= 15 is 0 Å². The predicted octanol–water partition coefficient (Wildman–Crippen LogP) is 4.54. The zero-order valence-corrected chi connectivity index (χ0v) is 14.0. The molecule has 0 radical (unpaired) electrons. The van der Waals surface area contributed by atoms with Crippen LogP contribution >= 0.6 is 11.6 Å². The first-order valence-electron chi connectivity index (χ1n) is 8.18. The maximum atomic E-state index is 6.32. The fraction of sp³-hybridized carbons (Fsp3) is 0.263. The smallest absolute Gasteiger partial charge is 0.163 e. The van der Waals surface area contributed by atoms with Crippen molar-refractivity contribution in [2.45, 2.75) is 18.9 Å². The summed E-state index contributed by atoms with van der Waals surface area (Å²) in [6.45, 7) is 1.60. The first-order valence-corrected chi connectivity index (χ1v) is 8.56. The first kappa shape index (κ1) is 15.4. The fourth-order valence-electron chi connectivity index (χ4n) is 2.99. The van der Waals surface area contributed by atoms with E-state index in [2.05, 4.69) is 10.3 Å². The van der Waals surface area contributed by atoms with Crippen molar-refractivity contribution >= 4 is 28.3 Å². The van der Waals surface area contributed by atoms with Gasteiger partial charge in [0.15, 0.2) is 5.82 Å². The monoisotopic (exact) mass is 339 g/mol. The molecule has 1 aliphatic heterocycles. The Labute approximate surface area is 145 Å². The van der Waals surface area contributed by atoms with Crippen LogP contribution in [0.25, 0.3) is 22.3 Å². The van der Waals surface area contributed by atoms with Crippen molar-refractivity contribution in [3.63, 3.8) is 0 Å². The number of anilines is 1. The lowest BCUT2D eigenvalue weighted by atomic mass is 10.1. The molecular formula is C19H18ClN3O. The zero-order chi connectivity index (χ0) is 16.4. The van der Waals surface area contributed by atoms with Crippen LogP contribution < -0.4 is 5.32 Å². The molecule has 0 spiro atoms. The topological polar surface area (TPSA) is 47.0 Å². The van der Waals surface area contributed by atoms with Crippen molar-refractivity contribution in [1.82, 2.24) is 9.97 Å². The third kappa shape index (κ3) is 3.07. The highest BCUT2D eigenvalue weighted by Crippen LogP contribution is 2.29. The average molecular weight is 340 g/mol. The standard InChI is InChI=1S/C19H18ClN3O/c20-16-9-3-1-7-14(16)19-22-17-10-4-2-8-15(17)18(23-19)21-12-13-6-5-11-24-13/h1-4,7-10,13H,5-6,11-12H2,(H,21,22,23). The van der Waals surface area contributed by atoms with Gasteiger partial charge in [-0.3, -0.25) is 0 Å². The first-order chi connectivity index (χ1) is 11.8. The molecule has 1 aliphatic rings. The molecule has 2 aromatic carbocycles. The van der Waals surface area contributed by atoms with E-state index in [1.54, 1.807) is 0 Å². The van der Waals surface area contributed by atoms with Crippen molar-refractivity contribution in [3.05, 3.63) is 53.6 Å². The summed E-state index contributed by atoms with van der Waals surface area (Å²) < 4.78 is 5.69. The third-order valence-corrected chi connectivity index (χ3v) is 4.57. The molecular weight excluding hydrogens is 322 g/mol. The van der Waals surface area contributed by atoms with Crippen LogP contribution in [0.4, 0.5) is 5.82 Å². The van der Waals surface area contributed by atoms with Gasteiger partial charge in [0.25, 0.3) is 0 Å². The molecule has 1 unspecified atom stereocenters. The molecule has 0 amide bonds. The molecule has 3 aromatic rings. The van der Waals surface area contributed by atoms with Gasteiger partial charge in [0.2, 0.25) is 0 Å². The van der Waals surface area contributed by atoms with Crippen LogP contribution in [0.5, 0.6) is 0 Å². The zero-order valence-electron chi connectivity index (χ0n) is 13.2. The third-order valence-electron chi connectivity index (χ3n) is 4.24. The number of aromatic nitrogens is 2. The Balaban J connectivity index is 1.74. The molecule has 0 bridgehead atoms. The second kappa shape index (κ2) is 6.75. The summed E-state index contributed by atoms with van der Waals surface area (Å²) in [5.41, 5.74) is 1.74. The van der Waals surface area contributed by atoms with Crippen molar-refractivity contribution in [1.29, 1.82) is 0 Å². The van der Waals surface area contributed by atoms with Gasteiger partial charge in [0.05, 0.1) is 16.6 Å². The lowest BCUT2D eigenvalue weighted by Gasteiger charge is -2.14. The van der Waals surface area contributed by atoms with Gasteiger partial charge in [-0.05, 0) is 37.1 Å². The highest BCUT2D eigenvalue weighted by molar-refractivity contribution is 6.33. The van der Waals surface area contributed by atoms with Crippen LogP contribution in [0.3, 0.4) is 0 Å². The highest BCUT2D eigenvalue weighted by Gasteiger charge is 2.17. The molecule has 1 atom stereocenters. The Bertz CT molecular complexity index is 862. The van der Waals surface area contributed by atoms with Crippen LogP contribution in [-0.4, -0.2) is 29.2 Å². The maximum absolute atomic E-state index is 6.32. The van der Waals surface area contributed by atoms with Gasteiger partial charge in [-0.2, -0.15) is 0 Å². The number of nitrogens with one attached hydrogen (secondary N) is 1. The number of nitrogens with zero attached hydrogens (tertiary/aromatic N) is 2. The van der Waals surface area contributed by atoms with Gasteiger partial charge in [0.1, 0.15) is 5.82 Å². The molecule has 5 heteroatoms. The van der Waals surface area contributed by atoms with Crippen LogP contribution in [0.15, 0.2) is 48.5 Å². The number of para-hydroxylation sites is 1. The second-order valence-corrected chi connectivity index (χ2v) is 6.32. The summed E-state index contributed by atoms with van der Waals surface area (Å²) in [7, 11) is 0. The number of halogens is 1. The number of fused-ring (bicyclic) bond motifs is 1. The highest BCUT2D eigenvalue weighted by atomic mass is 35.5. The van der Waals surface area contributed by atoms with E-state index in [0.717, 1.165) is 48.3 Å². The summed E-state index contributed by atoms with van der Waals surface area (Å²) in [6.07, 6.45) is 2.47. The molecule has 2 heterocycles. The largest absolute Gasteiger partial charge is 0.376 e. The Morgan fingerprint density at radius 2 is 1.92 bits per heavy atom. The van der Waals surface area contributed by atoms with E-state index in [9.17, 15) is 0 Å². The molecule has 1 N–H and O–H groups in total. The summed E-state index contributed by atoms with van der Waals surface area (Å²) in [6, 6.07) is 15.7. The van der Waals surface area contributed by atoms with Crippen molar-refractivity contribution < 1.29 is 4.74 Å². The molecule has 4 rings (SSSR count). The summed E-state index contributed by atoms with van der Waals surface area (Å²) in [5, 5.41) is 5.10. The minimum atomic E-state index is 0.252. The maximum Gasteiger partial charge on any atom is 0.163 e. The lowest BCUT2D eigenvalue weighted by Crippen LogP contribution is -2.19. The lowest BCUT2D eigenvalue weighted by molar-refractivity contribution is 0.120. The van der Waals surface area contributed by atoms with Crippen molar-refractivity contribution in [3.8, 4) is 11.4 Å². The number of ether oxygens (including phenoxy) is 1. The Hall–Kier alpha value is -2.17. The van der Waals surface area contributed by atoms with E-state index < -0.39 is 0 Å². The number of hydrogen-bond donors (Lipinski definition) is 1. The normalized spacial score (nSPS) is 17.3. The molecule has 0 saturated carbocycles. The van der Waals surface area contributed by atoms with E-state index in [4.69, 9.17) is 21.3 Å². The van der Waals surface area contributed by atoms with Crippen LogP contribution in [0.1, 0.15) is 12.8 Å². The molecule has 1 saturated heterocycles. The molecule has 122 valence electrons. The SMILES string of the molecule is Clc1ccccc1-c1nc(NCC2CCCO2)c2ccccc2n1. The minimum Gasteiger partial charge on any atom is -0.376 e. The van der Waals surface area contributed by atoms with Gasteiger partial charge in [0, 0.05) is 24.1 Å². The molecule has 4 nitrogen and oxygen atoms in total. The van der Waals surface area contributed by atoms with Gasteiger partial charge in [-0.25, -0.2) is 9.97 Å². The summed E-state index contributed by atoms with van der Waals surface area (Å²) >= 11 is 6.32. The van der Waals surface area contributed by atoms with Gasteiger partial charge < -0.3 is 10.1 Å². The quantitative estimate of drug-likeness (QED) is 0.758. The molecule has 24 heavy (non-hydrogen) atoms. The van der Waals surface area contributed by atoms with Gasteiger partial charge in [-0.1, -0.05) is 35.9 Å². The Morgan fingerprint density at radius 3 is 2.75 bits per heavy atom. The predicted molar refractivity (Wildman–Crippen MR) is 97.4 cm³/mol. The van der Waals surface area contributed by atoms with Gasteiger partial charge >= 0.3 is 0 Å². The van der Waals surface area contributed by atoms with Crippen LogP contribution in [-0.2, 0) is 4.74 Å². The second-order valence-electron chi connectivity index (χ2n) is 5.91. The number of hydrogen-bond acceptors (Lipinski definition) is 4. The minimum absolute atomic E-state index is 0.252. The molecule has 1 fully saturated rings. The van der Waals surface area contributed by atoms with Crippen LogP contribution in [0.2, 0.25) is 5.02 Å². The van der Waals surface area contributed by atoms with Crippen LogP contribution in [0, 0.1) is 0 Å². The molecule has 1 aromatic heterocycles. The fourth-order valence-corrected chi connectivity index (χ4v) is 3.21. The summed E-state index contributed by atoms with van der Waals surface area (Å²) in [5.74, 6) is 1.46. The number of rotatable bonds is 4. The van der Waals surface area contributed by atoms with Gasteiger partial charge in [-0.15, -0.1) is 0 Å². The van der Waals surface area contributed by atoms with Crippen molar-refractivity contribution in [2.75, 3.05) is 18.5 Å². The Kier molecular flexibility index (Phi) is 4.32. The van der Waals surface area contributed by atoms with E-state index in [1.807, 2.05) is 48.5 Å². The van der Waals surface area contributed by atoms with E-state index in [1.165, 1.54) is 0 Å². The van der Waals surface area contributed by atoms with Crippen molar-refractivity contribution in [2.24, 2.45) is 0 Å². The average Bonchev–Trinajstić information content (AvgIpc) is 3.13. The number of benzene rings is 2.